The first-order chi connectivity index (χ1) is 15.1. The summed E-state index contributed by atoms with van der Waals surface area (Å²) in [5.74, 6) is 0.967. The van der Waals surface area contributed by atoms with Crippen molar-refractivity contribution < 1.29 is 0 Å². The Labute approximate surface area is 195 Å². The van der Waals surface area contributed by atoms with Crippen LogP contribution < -0.4 is 5.32 Å². The van der Waals surface area contributed by atoms with Gasteiger partial charge in [-0.1, -0.05) is 52.1 Å². The van der Waals surface area contributed by atoms with Crippen LogP contribution in [0.3, 0.4) is 0 Å². The van der Waals surface area contributed by atoms with Crippen molar-refractivity contribution in [2.45, 2.75) is 72.8 Å². The summed E-state index contributed by atoms with van der Waals surface area (Å²) in [4.78, 5) is 5.08. The summed E-state index contributed by atoms with van der Waals surface area (Å²) in [7, 11) is 0. The molecule has 5 nitrogen and oxygen atoms in total. The van der Waals surface area contributed by atoms with E-state index in [0.29, 0.717) is 0 Å². The Hall–Kier alpha value is -1.30. The highest BCUT2D eigenvalue weighted by Gasteiger charge is 2.12. The number of rotatable bonds is 17. The highest BCUT2D eigenvalue weighted by Crippen LogP contribution is 2.26. The van der Waals surface area contributed by atoms with Gasteiger partial charge in [0, 0.05) is 23.5 Å². The number of halogens is 1. The van der Waals surface area contributed by atoms with E-state index in [9.17, 15) is 0 Å². The zero-order valence-electron chi connectivity index (χ0n) is 20.3. The Morgan fingerprint density at radius 2 is 1.52 bits per heavy atom. The summed E-state index contributed by atoms with van der Waals surface area (Å²) >= 11 is 6.31. The van der Waals surface area contributed by atoms with Gasteiger partial charge in [-0.25, -0.2) is 0 Å². The van der Waals surface area contributed by atoms with Crippen LogP contribution in [0.2, 0.25) is 5.02 Å². The van der Waals surface area contributed by atoms with Crippen LogP contribution in [-0.2, 0) is 6.54 Å². The van der Waals surface area contributed by atoms with Crippen LogP contribution in [0.25, 0.3) is 10.9 Å². The van der Waals surface area contributed by atoms with E-state index in [1.165, 1.54) is 44.3 Å². The minimum atomic E-state index is 0.767. The highest BCUT2D eigenvalue weighted by molar-refractivity contribution is 6.31. The molecule has 0 bridgehead atoms. The monoisotopic (exact) mass is 449 g/mol. The molecule has 1 aromatic heterocycles. The fourth-order valence-electron chi connectivity index (χ4n) is 4.04. The number of anilines is 1. The van der Waals surface area contributed by atoms with Crippen molar-refractivity contribution in [3.05, 3.63) is 23.2 Å². The fraction of sp³-hybridized carbons (Fsp3) is 0.720. The normalized spacial score (nSPS) is 11.8. The van der Waals surface area contributed by atoms with E-state index in [0.717, 1.165) is 68.3 Å². The molecule has 1 heterocycles. The molecule has 0 radical (unpaired) electrons. The molecule has 0 aliphatic rings. The third kappa shape index (κ3) is 8.63. The number of aromatic nitrogens is 2. The quantitative estimate of drug-likeness (QED) is 0.295. The summed E-state index contributed by atoms with van der Waals surface area (Å²) in [5.41, 5.74) is 1.17. The van der Waals surface area contributed by atoms with Crippen LogP contribution in [0.5, 0.6) is 0 Å². The molecule has 176 valence electrons. The van der Waals surface area contributed by atoms with E-state index in [1.54, 1.807) is 0 Å². The van der Waals surface area contributed by atoms with Gasteiger partial charge in [0.1, 0.15) is 0 Å². The average Bonchev–Trinajstić information content (AvgIpc) is 3.12. The van der Waals surface area contributed by atoms with Crippen molar-refractivity contribution in [2.24, 2.45) is 0 Å². The number of aryl methyl sites for hydroxylation is 1. The average molecular weight is 450 g/mol. The first kappa shape index (κ1) is 26.0. The van der Waals surface area contributed by atoms with Crippen molar-refractivity contribution in [1.82, 2.24) is 19.6 Å². The molecule has 0 aliphatic heterocycles. The van der Waals surface area contributed by atoms with Crippen LogP contribution in [0.15, 0.2) is 18.2 Å². The first-order valence-electron chi connectivity index (χ1n) is 12.5. The Balaban J connectivity index is 1.95. The summed E-state index contributed by atoms with van der Waals surface area (Å²) < 4.78 is 2.15. The van der Waals surface area contributed by atoms with Crippen LogP contribution in [0, 0.1) is 0 Å². The Kier molecular flexibility index (Phi) is 12.3. The minimum Gasteiger partial charge on any atom is -0.368 e. The molecule has 0 atom stereocenters. The molecule has 0 spiro atoms. The molecular formula is C25H44ClN5. The van der Waals surface area contributed by atoms with Gasteiger partial charge in [-0.05, 0) is 83.2 Å². The van der Waals surface area contributed by atoms with E-state index in [1.807, 2.05) is 12.1 Å². The van der Waals surface area contributed by atoms with E-state index >= 15 is 0 Å². The molecule has 1 N–H and O–H groups in total. The van der Waals surface area contributed by atoms with Crippen LogP contribution in [-0.4, -0.2) is 65.4 Å². The van der Waals surface area contributed by atoms with Crippen LogP contribution >= 0.6 is 11.6 Å². The summed E-state index contributed by atoms with van der Waals surface area (Å²) in [6.07, 6.45) is 7.34. The zero-order chi connectivity index (χ0) is 22.5. The Morgan fingerprint density at radius 3 is 2.16 bits per heavy atom. The first-order valence-corrected chi connectivity index (χ1v) is 12.8. The molecule has 0 aliphatic carbocycles. The summed E-state index contributed by atoms with van der Waals surface area (Å²) in [6, 6.07) is 6.11. The predicted octanol–water partition coefficient (Wildman–Crippen LogP) is 6.13. The maximum atomic E-state index is 6.31. The second-order valence-electron chi connectivity index (χ2n) is 8.44. The van der Waals surface area contributed by atoms with Gasteiger partial charge in [-0.3, -0.25) is 4.68 Å². The number of hydrogen-bond donors (Lipinski definition) is 1. The topological polar surface area (TPSA) is 36.3 Å². The number of nitrogens with one attached hydrogen (secondary N) is 1. The molecule has 0 unspecified atom stereocenters. The number of unbranched alkanes of at least 4 members (excludes halogenated alkanes) is 2. The Morgan fingerprint density at radius 1 is 0.871 bits per heavy atom. The second-order valence-corrected chi connectivity index (χ2v) is 8.88. The third-order valence-electron chi connectivity index (χ3n) is 6.05. The standard InChI is InChI=1S/C25H44ClN5/c1-5-9-16-30(17-10-6-2)18-11-15-27-25-23-21-22(26)13-14-24(23)31(28-25)20-12-19-29(7-3)8-4/h13-14,21H,5-12,15-20H2,1-4H3,(H,27,28). The van der Waals surface area contributed by atoms with Crippen molar-refractivity contribution in [2.75, 3.05) is 51.1 Å². The lowest BCUT2D eigenvalue weighted by Gasteiger charge is -2.21. The summed E-state index contributed by atoms with van der Waals surface area (Å²) in [5, 5.41) is 10.4. The number of hydrogen-bond acceptors (Lipinski definition) is 4. The molecule has 6 heteroatoms. The van der Waals surface area contributed by atoms with Crippen molar-refractivity contribution in [3.8, 4) is 0 Å². The van der Waals surface area contributed by atoms with Gasteiger partial charge in [-0.2, -0.15) is 5.10 Å². The minimum absolute atomic E-state index is 0.767. The molecule has 1 aromatic carbocycles. The molecule has 2 aromatic rings. The fourth-order valence-corrected chi connectivity index (χ4v) is 4.22. The largest absolute Gasteiger partial charge is 0.368 e. The lowest BCUT2D eigenvalue weighted by Crippen LogP contribution is -2.28. The van der Waals surface area contributed by atoms with Gasteiger partial charge in [0.05, 0.1) is 5.52 Å². The number of fused-ring (bicyclic) bond motifs is 1. The van der Waals surface area contributed by atoms with E-state index in [2.05, 4.69) is 53.6 Å². The van der Waals surface area contributed by atoms with Crippen molar-refractivity contribution in [3.63, 3.8) is 0 Å². The molecule has 0 amide bonds. The van der Waals surface area contributed by atoms with Gasteiger partial charge in [0.2, 0.25) is 0 Å². The number of nitrogens with zero attached hydrogens (tertiary/aromatic N) is 4. The van der Waals surface area contributed by atoms with Crippen molar-refractivity contribution >= 4 is 28.3 Å². The summed E-state index contributed by atoms with van der Waals surface area (Å²) in [6.45, 7) is 17.8. The SMILES string of the molecule is CCCCN(CCCC)CCCNc1nn(CCCN(CC)CC)c2ccc(Cl)cc12. The third-order valence-corrected chi connectivity index (χ3v) is 6.29. The van der Waals surface area contributed by atoms with Gasteiger partial charge in [0.15, 0.2) is 5.82 Å². The van der Waals surface area contributed by atoms with Crippen LogP contribution in [0.4, 0.5) is 5.82 Å². The van der Waals surface area contributed by atoms with Gasteiger partial charge in [-0.15, -0.1) is 0 Å². The van der Waals surface area contributed by atoms with Crippen LogP contribution in [0.1, 0.15) is 66.2 Å². The van der Waals surface area contributed by atoms with Gasteiger partial charge < -0.3 is 15.1 Å². The lowest BCUT2D eigenvalue weighted by molar-refractivity contribution is 0.264. The van der Waals surface area contributed by atoms with E-state index < -0.39 is 0 Å². The molecule has 2 rings (SSSR count). The highest BCUT2D eigenvalue weighted by atomic mass is 35.5. The second kappa shape index (κ2) is 14.7. The Bertz CT molecular complexity index is 733. The zero-order valence-corrected chi connectivity index (χ0v) is 21.1. The van der Waals surface area contributed by atoms with E-state index in [-0.39, 0.29) is 0 Å². The molecule has 0 fully saturated rings. The predicted molar refractivity (Wildman–Crippen MR) is 137 cm³/mol. The lowest BCUT2D eigenvalue weighted by atomic mass is 10.2. The van der Waals surface area contributed by atoms with Gasteiger partial charge >= 0.3 is 0 Å². The number of benzene rings is 1. The maximum absolute atomic E-state index is 6.31. The maximum Gasteiger partial charge on any atom is 0.156 e. The molecule has 0 saturated heterocycles. The molecule has 0 saturated carbocycles. The van der Waals surface area contributed by atoms with Crippen molar-refractivity contribution in [1.29, 1.82) is 0 Å². The molecular weight excluding hydrogens is 406 g/mol. The smallest absolute Gasteiger partial charge is 0.156 e. The molecule has 31 heavy (non-hydrogen) atoms. The van der Waals surface area contributed by atoms with Gasteiger partial charge in [0.25, 0.3) is 0 Å². The van der Waals surface area contributed by atoms with E-state index in [4.69, 9.17) is 16.7 Å².